The molecular weight excluding hydrogens is 364 g/mol. The molecule has 0 N–H and O–H groups in total. The molecule has 3 rings (SSSR count). The van der Waals surface area contributed by atoms with Crippen LogP contribution in [0.3, 0.4) is 0 Å². The summed E-state index contributed by atoms with van der Waals surface area (Å²) in [6.07, 6.45) is 4.71. The monoisotopic (exact) mass is 388 g/mol. The molecule has 2 aromatic rings. The Balaban J connectivity index is 1.90. The van der Waals surface area contributed by atoms with Crippen molar-refractivity contribution in [2.24, 2.45) is 0 Å². The molecule has 28 heavy (non-hydrogen) atoms. The van der Waals surface area contributed by atoms with Crippen molar-refractivity contribution >= 4 is 5.57 Å². The fourth-order valence-corrected chi connectivity index (χ4v) is 3.55. The Labute approximate surface area is 163 Å². The highest BCUT2D eigenvalue weighted by Crippen LogP contribution is 2.51. The molecule has 0 saturated heterocycles. The van der Waals surface area contributed by atoms with E-state index < -0.39 is 23.0 Å². The van der Waals surface area contributed by atoms with Gasteiger partial charge < -0.3 is 0 Å². The van der Waals surface area contributed by atoms with Gasteiger partial charge in [0.2, 0.25) is 0 Å². The molecule has 0 bridgehead atoms. The lowest BCUT2D eigenvalue weighted by molar-refractivity contribution is -0.149. The lowest BCUT2D eigenvalue weighted by Crippen LogP contribution is -2.44. The zero-order valence-electron chi connectivity index (χ0n) is 16.1. The molecule has 148 valence electrons. The van der Waals surface area contributed by atoms with Crippen molar-refractivity contribution in [3.63, 3.8) is 0 Å². The highest BCUT2D eigenvalue weighted by Gasteiger charge is 2.61. The van der Waals surface area contributed by atoms with Crippen LogP contribution in [0.5, 0.6) is 0 Å². The van der Waals surface area contributed by atoms with E-state index in [9.17, 15) is 17.6 Å². The van der Waals surface area contributed by atoms with E-state index in [4.69, 9.17) is 0 Å². The third kappa shape index (κ3) is 3.65. The molecule has 4 heteroatoms. The summed E-state index contributed by atoms with van der Waals surface area (Å²) in [7, 11) is 0. The number of alkyl halides is 4. The topological polar surface area (TPSA) is 0 Å². The normalized spacial score (nSPS) is 17.8. The van der Waals surface area contributed by atoms with Gasteiger partial charge >= 0.3 is 11.8 Å². The SMILES string of the molecule is CCCC1=CC=C(c2ccc(-c3ccc(CCC)cc3)cc2)C(F)(F)C1(F)F. The number of benzene rings is 2. The van der Waals surface area contributed by atoms with E-state index in [2.05, 4.69) is 6.92 Å². The molecule has 0 nitrogen and oxygen atoms in total. The van der Waals surface area contributed by atoms with Crippen LogP contribution in [-0.2, 0) is 6.42 Å². The Hall–Kier alpha value is -2.36. The maximum Gasteiger partial charge on any atom is 0.339 e. The van der Waals surface area contributed by atoms with Crippen LogP contribution in [0.4, 0.5) is 17.6 Å². The van der Waals surface area contributed by atoms with Gasteiger partial charge in [0.05, 0.1) is 0 Å². The summed E-state index contributed by atoms with van der Waals surface area (Å²) in [6.45, 7) is 3.81. The summed E-state index contributed by atoms with van der Waals surface area (Å²) in [4.78, 5) is 0. The maximum absolute atomic E-state index is 14.6. The summed E-state index contributed by atoms with van der Waals surface area (Å²) in [6, 6.07) is 14.4. The average molecular weight is 388 g/mol. The van der Waals surface area contributed by atoms with Crippen LogP contribution in [0, 0.1) is 0 Å². The zero-order chi connectivity index (χ0) is 20.4. The number of halogens is 4. The van der Waals surface area contributed by atoms with Gasteiger partial charge in [-0.15, -0.1) is 0 Å². The Morgan fingerprint density at radius 2 is 1.11 bits per heavy atom. The van der Waals surface area contributed by atoms with Crippen LogP contribution in [0.25, 0.3) is 16.7 Å². The van der Waals surface area contributed by atoms with Gasteiger partial charge in [-0.25, -0.2) is 0 Å². The van der Waals surface area contributed by atoms with Gasteiger partial charge in [-0.1, -0.05) is 87.4 Å². The Bertz CT molecular complexity index is 872. The molecule has 0 atom stereocenters. The van der Waals surface area contributed by atoms with Crippen molar-refractivity contribution in [1.29, 1.82) is 0 Å². The van der Waals surface area contributed by atoms with Crippen molar-refractivity contribution in [3.8, 4) is 11.1 Å². The Morgan fingerprint density at radius 1 is 0.607 bits per heavy atom. The largest absolute Gasteiger partial charge is 0.339 e. The first-order chi connectivity index (χ1) is 13.3. The molecule has 1 aliphatic carbocycles. The molecular formula is C24H24F4. The highest BCUT2D eigenvalue weighted by molar-refractivity contribution is 5.77. The van der Waals surface area contributed by atoms with Crippen LogP contribution in [-0.4, -0.2) is 11.8 Å². The number of allylic oxidation sites excluding steroid dienone is 4. The van der Waals surface area contributed by atoms with Gasteiger partial charge in [0.15, 0.2) is 0 Å². The van der Waals surface area contributed by atoms with E-state index in [0.29, 0.717) is 6.42 Å². The molecule has 0 fully saturated rings. The lowest BCUT2D eigenvalue weighted by atomic mass is 9.84. The first-order valence-corrected chi connectivity index (χ1v) is 9.68. The van der Waals surface area contributed by atoms with Crippen LogP contribution in [0.15, 0.2) is 66.3 Å². The van der Waals surface area contributed by atoms with Crippen LogP contribution >= 0.6 is 0 Å². The van der Waals surface area contributed by atoms with Gasteiger partial charge in [0, 0.05) is 11.1 Å². The summed E-state index contributed by atoms with van der Waals surface area (Å²) in [5.41, 5.74) is 2.04. The fourth-order valence-electron chi connectivity index (χ4n) is 3.55. The molecule has 1 aliphatic rings. The average Bonchev–Trinajstić information content (AvgIpc) is 2.67. The van der Waals surface area contributed by atoms with Crippen LogP contribution < -0.4 is 0 Å². The van der Waals surface area contributed by atoms with Crippen molar-refractivity contribution in [1.82, 2.24) is 0 Å². The molecule has 0 spiro atoms. The van der Waals surface area contributed by atoms with E-state index in [1.165, 1.54) is 17.7 Å². The van der Waals surface area contributed by atoms with E-state index in [0.717, 1.165) is 36.1 Å². The number of hydrogen-bond donors (Lipinski definition) is 0. The summed E-state index contributed by atoms with van der Waals surface area (Å²) in [5.74, 6) is -8.39. The van der Waals surface area contributed by atoms with Gasteiger partial charge in [-0.2, -0.15) is 17.6 Å². The molecule has 0 aromatic heterocycles. The van der Waals surface area contributed by atoms with Crippen molar-refractivity contribution in [2.75, 3.05) is 0 Å². The maximum atomic E-state index is 14.6. The molecule has 2 aromatic carbocycles. The van der Waals surface area contributed by atoms with E-state index in [1.807, 2.05) is 24.3 Å². The number of aryl methyl sites for hydroxylation is 1. The molecule has 0 radical (unpaired) electrons. The predicted octanol–water partition coefficient (Wildman–Crippen LogP) is 7.70. The van der Waals surface area contributed by atoms with E-state index in [1.54, 1.807) is 19.1 Å². The minimum Gasteiger partial charge on any atom is -0.194 e. The molecule has 0 saturated carbocycles. The molecule has 0 unspecified atom stereocenters. The quantitative estimate of drug-likeness (QED) is 0.445. The predicted molar refractivity (Wildman–Crippen MR) is 107 cm³/mol. The van der Waals surface area contributed by atoms with Crippen molar-refractivity contribution in [2.45, 2.75) is 51.4 Å². The minimum atomic E-state index is -4.23. The number of rotatable bonds is 6. The summed E-state index contributed by atoms with van der Waals surface area (Å²) >= 11 is 0. The second-order valence-corrected chi connectivity index (χ2v) is 7.20. The molecule has 0 heterocycles. The minimum absolute atomic E-state index is 0.0423. The third-order valence-corrected chi connectivity index (χ3v) is 5.13. The molecule has 0 amide bonds. The standard InChI is InChI=1S/C24H24F4/c1-3-5-17-7-9-18(10-8-17)19-11-13-20(14-12-19)22-16-15-21(6-4-2)23(25,26)24(22,27)28/h7-16H,3-6H2,1-2H3. The second kappa shape index (κ2) is 7.94. The Kier molecular flexibility index (Phi) is 5.78. The smallest absolute Gasteiger partial charge is 0.194 e. The van der Waals surface area contributed by atoms with Crippen molar-refractivity contribution in [3.05, 3.63) is 77.4 Å². The van der Waals surface area contributed by atoms with E-state index in [-0.39, 0.29) is 12.0 Å². The highest BCUT2D eigenvalue weighted by atomic mass is 19.3. The van der Waals surface area contributed by atoms with Gasteiger partial charge in [-0.05, 0) is 35.1 Å². The van der Waals surface area contributed by atoms with Crippen LogP contribution in [0.2, 0.25) is 0 Å². The third-order valence-electron chi connectivity index (χ3n) is 5.13. The van der Waals surface area contributed by atoms with Crippen LogP contribution in [0.1, 0.15) is 44.2 Å². The first kappa shape index (κ1) is 20.4. The van der Waals surface area contributed by atoms with Gasteiger partial charge in [0.25, 0.3) is 0 Å². The van der Waals surface area contributed by atoms with Gasteiger partial charge in [0.1, 0.15) is 0 Å². The van der Waals surface area contributed by atoms with Crippen molar-refractivity contribution < 1.29 is 17.6 Å². The summed E-state index contributed by atoms with van der Waals surface area (Å²) < 4.78 is 57.9. The Morgan fingerprint density at radius 3 is 1.64 bits per heavy atom. The fraction of sp³-hybridized carbons (Fsp3) is 0.333. The molecule has 0 aliphatic heterocycles. The number of hydrogen-bond acceptors (Lipinski definition) is 0. The second-order valence-electron chi connectivity index (χ2n) is 7.20. The zero-order valence-corrected chi connectivity index (χ0v) is 16.1. The van der Waals surface area contributed by atoms with Gasteiger partial charge in [-0.3, -0.25) is 0 Å². The van der Waals surface area contributed by atoms with E-state index >= 15 is 0 Å². The lowest BCUT2D eigenvalue weighted by Gasteiger charge is -2.33. The summed E-state index contributed by atoms with van der Waals surface area (Å²) in [5, 5.41) is 0. The first-order valence-electron chi connectivity index (χ1n) is 9.68.